The van der Waals surface area contributed by atoms with E-state index in [2.05, 4.69) is 0 Å². The van der Waals surface area contributed by atoms with Crippen molar-refractivity contribution < 1.29 is 17.6 Å². The Morgan fingerprint density at radius 2 is 0.519 bits per heavy atom. The van der Waals surface area contributed by atoms with Gasteiger partial charge in [-0.25, -0.2) is 17.6 Å². The van der Waals surface area contributed by atoms with Crippen molar-refractivity contribution in [1.29, 1.82) is 0 Å². The van der Waals surface area contributed by atoms with Gasteiger partial charge in [-0.1, -0.05) is 158 Å². The van der Waals surface area contributed by atoms with Crippen LogP contribution in [0.25, 0.3) is 98.4 Å². The molecule has 0 aromatic heterocycles. The van der Waals surface area contributed by atoms with E-state index in [9.17, 15) is 0 Å². The summed E-state index contributed by atoms with van der Waals surface area (Å²) in [4.78, 5) is 0. The first kappa shape index (κ1) is 31.9. The maximum atomic E-state index is 16.4. The molecule has 10 aromatic carbocycles. The van der Waals surface area contributed by atoms with E-state index in [1.165, 1.54) is 0 Å². The zero-order valence-electron chi connectivity index (χ0n) is 28.7. The molecule has 4 heteroatoms. The largest absolute Gasteiger partial charge is 0.203 e. The number of fused-ring (bicyclic) bond motifs is 10. The SMILES string of the molecule is Fc1c(F)c(F)c2c3cc(-c4ccc(-c5ccccc5)cc4)c4ccccc4c3c3c4ccccc4c(-c4ccc(-c5ccccc5)cc4)cc3c2c1F. The van der Waals surface area contributed by atoms with E-state index < -0.39 is 23.3 Å². The lowest BCUT2D eigenvalue weighted by molar-refractivity contribution is 0.418. The predicted molar refractivity (Wildman–Crippen MR) is 216 cm³/mol. The van der Waals surface area contributed by atoms with Gasteiger partial charge >= 0.3 is 0 Å². The van der Waals surface area contributed by atoms with Gasteiger partial charge in [0.2, 0.25) is 0 Å². The van der Waals surface area contributed by atoms with Crippen molar-refractivity contribution in [2.45, 2.75) is 0 Å². The van der Waals surface area contributed by atoms with Crippen molar-refractivity contribution in [3.8, 4) is 44.5 Å². The highest BCUT2D eigenvalue weighted by Crippen LogP contribution is 2.49. The molecule has 0 saturated heterocycles. The summed E-state index contributed by atoms with van der Waals surface area (Å²) in [6.45, 7) is 0. The van der Waals surface area contributed by atoms with Gasteiger partial charge in [-0.15, -0.1) is 0 Å². The fourth-order valence-electron chi connectivity index (χ4n) is 8.24. The zero-order chi connectivity index (χ0) is 36.5. The summed E-state index contributed by atoms with van der Waals surface area (Å²) in [5, 5.41) is 4.69. The van der Waals surface area contributed by atoms with Gasteiger partial charge in [-0.05, 0) is 99.7 Å². The lowest BCUT2D eigenvalue weighted by Crippen LogP contribution is -2.01. The molecule has 0 aliphatic heterocycles. The molecular formula is C50H28F4. The fourth-order valence-corrected chi connectivity index (χ4v) is 8.24. The van der Waals surface area contributed by atoms with Crippen molar-refractivity contribution in [3.05, 3.63) is 193 Å². The third-order valence-corrected chi connectivity index (χ3v) is 10.8. The first-order valence-corrected chi connectivity index (χ1v) is 17.8. The van der Waals surface area contributed by atoms with Gasteiger partial charge in [0.15, 0.2) is 23.3 Å². The highest BCUT2D eigenvalue weighted by Gasteiger charge is 2.27. The second kappa shape index (κ2) is 12.4. The molecule has 0 unspecified atom stereocenters. The molecule has 0 nitrogen and oxygen atoms in total. The van der Waals surface area contributed by atoms with E-state index in [0.29, 0.717) is 21.5 Å². The molecule has 0 aliphatic carbocycles. The van der Waals surface area contributed by atoms with E-state index in [1.807, 2.05) is 170 Å². The van der Waals surface area contributed by atoms with E-state index in [4.69, 9.17) is 0 Å². The number of hydrogen-bond donors (Lipinski definition) is 0. The van der Waals surface area contributed by atoms with Crippen molar-refractivity contribution in [3.63, 3.8) is 0 Å². The smallest absolute Gasteiger partial charge is 0.198 e. The maximum Gasteiger partial charge on any atom is 0.198 e. The molecule has 0 radical (unpaired) electrons. The molecule has 10 rings (SSSR count). The van der Waals surface area contributed by atoms with Crippen molar-refractivity contribution in [1.82, 2.24) is 0 Å². The van der Waals surface area contributed by atoms with Crippen molar-refractivity contribution >= 4 is 53.9 Å². The van der Waals surface area contributed by atoms with Gasteiger partial charge in [-0.3, -0.25) is 0 Å². The van der Waals surface area contributed by atoms with Crippen LogP contribution in [0.4, 0.5) is 17.6 Å². The summed E-state index contributed by atoms with van der Waals surface area (Å²) in [5.41, 5.74) is 7.43. The van der Waals surface area contributed by atoms with Crippen molar-refractivity contribution in [2.75, 3.05) is 0 Å². The van der Waals surface area contributed by atoms with Gasteiger partial charge < -0.3 is 0 Å². The Labute approximate surface area is 308 Å². The van der Waals surface area contributed by atoms with Crippen LogP contribution in [0.2, 0.25) is 0 Å². The summed E-state index contributed by atoms with van der Waals surface area (Å²) in [7, 11) is 0. The van der Waals surface area contributed by atoms with Crippen LogP contribution in [-0.4, -0.2) is 0 Å². The van der Waals surface area contributed by atoms with Gasteiger partial charge in [-0.2, -0.15) is 0 Å². The summed E-state index contributed by atoms with van der Waals surface area (Å²) in [5.74, 6) is -6.50. The molecule has 0 N–H and O–H groups in total. The van der Waals surface area contributed by atoms with Crippen LogP contribution in [0.1, 0.15) is 0 Å². The Morgan fingerprint density at radius 1 is 0.222 bits per heavy atom. The number of halogens is 4. The highest BCUT2D eigenvalue weighted by molar-refractivity contribution is 6.38. The Kier molecular flexibility index (Phi) is 7.34. The lowest BCUT2D eigenvalue weighted by atomic mass is 9.83. The number of rotatable bonds is 4. The predicted octanol–water partition coefficient (Wildman–Crippen LogP) is 14.7. The van der Waals surface area contributed by atoms with Crippen LogP contribution < -0.4 is 0 Å². The minimum absolute atomic E-state index is 0.289. The molecule has 0 aliphatic rings. The summed E-state index contributed by atoms with van der Waals surface area (Å²) < 4.78 is 63.6. The van der Waals surface area contributed by atoms with Gasteiger partial charge in [0.05, 0.1) is 0 Å². The Morgan fingerprint density at radius 3 is 0.889 bits per heavy atom. The van der Waals surface area contributed by atoms with E-state index in [0.717, 1.165) is 66.1 Å². The third kappa shape index (κ3) is 4.84. The molecule has 10 aromatic rings. The minimum atomic E-state index is -1.83. The third-order valence-electron chi connectivity index (χ3n) is 10.8. The minimum Gasteiger partial charge on any atom is -0.203 e. The van der Waals surface area contributed by atoms with Gasteiger partial charge in [0.25, 0.3) is 0 Å². The van der Waals surface area contributed by atoms with Crippen LogP contribution in [0.5, 0.6) is 0 Å². The van der Waals surface area contributed by atoms with E-state index in [1.54, 1.807) is 0 Å². The molecule has 0 bridgehead atoms. The molecule has 0 heterocycles. The average molecular weight is 705 g/mol. The fraction of sp³-hybridized carbons (Fsp3) is 0. The molecule has 0 saturated carbocycles. The quantitative estimate of drug-likeness (QED) is 0.0740. The highest BCUT2D eigenvalue weighted by atomic mass is 19.2. The Balaban J connectivity index is 1.33. The summed E-state index contributed by atoms with van der Waals surface area (Å²) in [6, 6.07) is 55.4. The summed E-state index contributed by atoms with van der Waals surface area (Å²) in [6.07, 6.45) is 0. The Bertz CT molecular complexity index is 2880. The monoisotopic (exact) mass is 704 g/mol. The molecular weight excluding hydrogens is 677 g/mol. The van der Waals surface area contributed by atoms with Crippen molar-refractivity contribution in [2.24, 2.45) is 0 Å². The van der Waals surface area contributed by atoms with Crippen LogP contribution in [0.15, 0.2) is 170 Å². The maximum absolute atomic E-state index is 16.4. The van der Waals surface area contributed by atoms with Gasteiger partial charge in [0, 0.05) is 10.8 Å². The number of hydrogen-bond acceptors (Lipinski definition) is 0. The van der Waals surface area contributed by atoms with Crippen LogP contribution >= 0.6 is 0 Å². The second-order valence-electron chi connectivity index (χ2n) is 13.7. The standard InChI is InChI=1S/C50H28F4/c51-47-45-41-27-39(33-23-19-31(20-24-33)29-11-3-1-4-12-29)35-15-7-9-17-37(35)43(41)44-38-18-10-8-16-36(38)40(28-42(44)46(45)48(52)50(54)49(47)53)34-25-21-32(22-26-34)30-13-5-2-6-14-30/h1-28H. The molecule has 0 spiro atoms. The van der Waals surface area contributed by atoms with Crippen LogP contribution in [0, 0.1) is 23.3 Å². The van der Waals surface area contributed by atoms with E-state index in [-0.39, 0.29) is 10.8 Å². The lowest BCUT2D eigenvalue weighted by Gasteiger charge is -2.20. The molecule has 0 fully saturated rings. The first-order chi connectivity index (χ1) is 26.5. The van der Waals surface area contributed by atoms with Crippen LogP contribution in [-0.2, 0) is 0 Å². The molecule has 256 valence electrons. The number of benzene rings is 10. The second-order valence-corrected chi connectivity index (χ2v) is 13.7. The Hall–Kier alpha value is -6.78. The molecule has 0 atom stereocenters. The molecule has 54 heavy (non-hydrogen) atoms. The zero-order valence-corrected chi connectivity index (χ0v) is 28.7. The first-order valence-electron chi connectivity index (χ1n) is 17.8. The topological polar surface area (TPSA) is 0 Å². The van der Waals surface area contributed by atoms with Crippen LogP contribution in [0.3, 0.4) is 0 Å². The van der Waals surface area contributed by atoms with Gasteiger partial charge in [0.1, 0.15) is 0 Å². The molecule has 0 amide bonds. The normalized spacial score (nSPS) is 11.7. The average Bonchev–Trinajstić information content (AvgIpc) is 3.24. The van der Waals surface area contributed by atoms with E-state index >= 15 is 17.6 Å². The summed E-state index contributed by atoms with van der Waals surface area (Å²) >= 11 is 0.